The summed E-state index contributed by atoms with van der Waals surface area (Å²) >= 11 is 0. The molecule has 0 aromatic heterocycles. The average Bonchev–Trinajstić information content (AvgIpc) is 2.66. The van der Waals surface area contributed by atoms with Crippen LogP contribution in [0.1, 0.15) is 21.5 Å². The number of halogens is 1. The van der Waals surface area contributed by atoms with Gasteiger partial charge in [0, 0.05) is 6.07 Å². The van der Waals surface area contributed by atoms with E-state index in [1.807, 2.05) is 60.7 Å². The minimum absolute atomic E-state index is 0.124. The van der Waals surface area contributed by atoms with Crippen LogP contribution in [-0.4, -0.2) is 5.97 Å². The molecular formula is C21H17FO3. The summed E-state index contributed by atoms with van der Waals surface area (Å²) in [5.41, 5.74) is 1.95. The predicted molar refractivity (Wildman–Crippen MR) is 92.7 cm³/mol. The maximum atomic E-state index is 13.8. The highest BCUT2D eigenvalue weighted by Gasteiger charge is 2.11. The SMILES string of the molecule is O=C(OCc1ccccc1)c1cc(F)cc(OCc2ccccc2)c1. The molecule has 0 saturated carbocycles. The number of esters is 1. The summed E-state index contributed by atoms with van der Waals surface area (Å²) in [6, 6.07) is 22.7. The van der Waals surface area contributed by atoms with Crippen LogP contribution in [0.4, 0.5) is 4.39 Å². The van der Waals surface area contributed by atoms with E-state index in [4.69, 9.17) is 9.47 Å². The van der Waals surface area contributed by atoms with Gasteiger partial charge >= 0.3 is 5.97 Å². The molecule has 0 aliphatic rings. The van der Waals surface area contributed by atoms with E-state index in [-0.39, 0.29) is 17.9 Å². The van der Waals surface area contributed by atoms with Gasteiger partial charge in [-0.15, -0.1) is 0 Å². The Morgan fingerprint density at radius 1 is 0.800 bits per heavy atom. The zero-order valence-corrected chi connectivity index (χ0v) is 13.5. The van der Waals surface area contributed by atoms with Gasteiger partial charge < -0.3 is 9.47 Å². The van der Waals surface area contributed by atoms with Crippen LogP contribution >= 0.6 is 0 Å². The van der Waals surface area contributed by atoms with E-state index in [2.05, 4.69) is 0 Å². The van der Waals surface area contributed by atoms with Gasteiger partial charge in [0.25, 0.3) is 0 Å². The van der Waals surface area contributed by atoms with Gasteiger partial charge in [0.1, 0.15) is 24.8 Å². The summed E-state index contributed by atoms with van der Waals surface area (Å²) in [5, 5.41) is 0. The van der Waals surface area contributed by atoms with Crippen LogP contribution in [0.3, 0.4) is 0 Å². The van der Waals surface area contributed by atoms with Crippen molar-refractivity contribution in [3.8, 4) is 5.75 Å². The van der Waals surface area contributed by atoms with E-state index in [9.17, 15) is 9.18 Å². The lowest BCUT2D eigenvalue weighted by Gasteiger charge is -2.09. The maximum absolute atomic E-state index is 13.8. The molecular weight excluding hydrogens is 319 g/mol. The standard InChI is InChI=1S/C21H17FO3/c22-19-11-18(21(23)25-15-17-9-5-2-6-10-17)12-20(13-19)24-14-16-7-3-1-4-8-16/h1-13H,14-15H2. The zero-order valence-electron chi connectivity index (χ0n) is 13.5. The van der Waals surface area contributed by atoms with E-state index in [1.165, 1.54) is 12.1 Å². The van der Waals surface area contributed by atoms with Crippen molar-refractivity contribution < 1.29 is 18.7 Å². The Hall–Kier alpha value is -3.14. The van der Waals surface area contributed by atoms with Crippen molar-refractivity contribution in [2.24, 2.45) is 0 Å². The number of carbonyl (C=O) groups excluding carboxylic acids is 1. The molecule has 0 radical (unpaired) electrons. The number of hydrogen-bond donors (Lipinski definition) is 0. The Morgan fingerprint density at radius 2 is 1.40 bits per heavy atom. The van der Waals surface area contributed by atoms with Crippen molar-refractivity contribution in [2.75, 3.05) is 0 Å². The first-order valence-corrected chi connectivity index (χ1v) is 7.89. The lowest BCUT2D eigenvalue weighted by atomic mass is 10.2. The van der Waals surface area contributed by atoms with Crippen LogP contribution < -0.4 is 4.74 Å². The van der Waals surface area contributed by atoms with Gasteiger partial charge in [0.2, 0.25) is 0 Å². The van der Waals surface area contributed by atoms with Gasteiger partial charge in [-0.1, -0.05) is 60.7 Å². The smallest absolute Gasteiger partial charge is 0.338 e. The molecule has 0 aliphatic heterocycles. The maximum Gasteiger partial charge on any atom is 0.338 e. The predicted octanol–water partition coefficient (Wildman–Crippen LogP) is 4.76. The van der Waals surface area contributed by atoms with Crippen molar-refractivity contribution in [1.29, 1.82) is 0 Å². The molecule has 3 aromatic rings. The summed E-state index contributed by atoms with van der Waals surface area (Å²) in [6.07, 6.45) is 0. The second kappa shape index (κ2) is 8.11. The third-order valence-corrected chi connectivity index (χ3v) is 3.57. The molecule has 0 amide bonds. The summed E-state index contributed by atoms with van der Waals surface area (Å²) in [7, 11) is 0. The number of carbonyl (C=O) groups is 1. The van der Waals surface area contributed by atoms with E-state index in [0.29, 0.717) is 6.61 Å². The second-order valence-electron chi connectivity index (χ2n) is 5.51. The average molecular weight is 336 g/mol. The Kier molecular flexibility index (Phi) is 5.42. The Labute approximate surface area is 145 Å². The molecule has 0 saturated heterocycles. The number of rotatable bonds is 6. The fourth-order valence-electron chi connectivity index (χ4n) is 2.31. The molecule has 3 rings (SSSR count). The van der Waals surface area contributed by atoms with E-state index >= 15 is 0 Å². The molecule has 0 N–H and O–H groups in total. The van der Waals surface area contributed by atoms with E-state index in [1.54, 1.807) is 0 Å². The third-order valence-electron chi connectivity index (χ3n) is 3.57. The highest BCUT2D eigenvalue weighted by atomic mass is 19.1. The highest BCUT2D eigenvalue weighted by molar-refractivity contribution is 5.89. The van der Waals surface area contributed by atoms with Crippen LogP contribution in [0.25, 0.3) is 0 Å². The number of hydrogen-bond acceptors (Lipinski definition) is 3. The Morgan fingerprint density at radius 3 is 2.04 bits per heavy atom. The molecule has 0 bridgehead atoms. The third kappa shape index (κ3) is 4.91. The second-order valence-corrected chi connectivity index (χ2v) is 5.51. The first-order valence-electron chi connectivity index (χ1n) is 7.89. The quantitative estimate of drug-likeness (QED) is 0.609. The first-order chi connectivity index (χ1) is 12.2. The zero-order chi connectivity index (χ0) is 17.5. The largest absolute Gasteiger partial charge is 0.489 e. The van der Waals surface area contributed by atoms with Crippen LogP contribution in [0.15, 0.2) is 78.9 Å². The first kappa shape index (κ1) is 16.7. The van der Waals surface area contributed by atoms with Gasteiger partial charge in [0.05, 0.1) is 5.56 Å². The van der Waals surface area contributed by atoms with Crippen molar-refractivity contribution in [2.45, 2.75) is 13.2 Å². The van der Waals surface area contributed by atoms with E-state index < -0.39 is 11.8 Å². The molecule has 0 fully saturated rings. The molecule has 3 nitrogen and oxygen atoms in total. The van der Waals surface area contributed by atoms with Crippen LogP contribution in [0.2, 0.25) is 0 Å². The summed E-state index contributed by atoms with van der Waals surface area (Å²) in [4.78, 5) is 12.2. The van der Waals surface area contributed by atoms with Gasteiger partial charge in [-0.3, -0.25) is 0 Å². The van der Waals surface area contributed by atoms with Gasteiger partial charge in [-0.2, -0.15) is 0 Å². The highest BCUT2D eigenvalue weighted by Crippen LogP contribution is 2.19. The van der Waals surface area contributed by atoms with Crippen molar-refractivity contribution in [3.63, 3.8) is 0 Å². The normalized spacial score (nSPS) is 10.3. The molecule has 3 aromatic carbocycles. The summed E-state index contributed by atoms with van der Waals surface area (Å²) < 4.78 is 24.6. The molecule has 0 unspecified atom stereocenters. The minimum atomic E-state index is -0.590. The summed E-state index contributed by atoms with van der Waals surface area (Å²) in [6.45, 7) is 0.430. The molecule has 126 valence electrons. The minimum Gasteiger partial charge on any atom is -0.489 e. The summed E-state index contributed by atoms with van der Waals surface area (Å²) in [5.74, 6) is -0.847. The van der Waals surface area contributed by atoms with Crippen LogP contribution in [0.5, 0.6) is 5.75 Å². The fraction of sp³-hybridized carbons (Fsp3) is 0.0952. The van der Waals surface area contributed by atoms with Gasteiger partial charge in [-0.05, 0) is 23.3 Å². The topological polar surface area (TPSA) is 35.5 Å². The lowest BCUT2D eigenvalue weighted by molar-refractivity contribution is 0.0471. The van der Waals surface area contributed by atoms with Gasteiger partial charge in [-0.25, -0.2) is 9.18 Å². The molecule has 0 spiro atoms. The number of benzene rings is 3. The lowest BCUT2D eigenvalue weighted by Crippen LogP contribution is -2.06. The number of ether oxygens (including phenoxy) is 2. The van der Waals surface area contributed by atoms with Crippen molar-refractivity contribution >= 4 is 5.97 Å². The molecule has 0 atom stereocenters. The monoisotopic (exact) mass is 336 g/mol. The molecule has 0 heterocycles. The van der Waals surface area contributed by atoms with Crippen molar-refractivity contribution in [3.05, 3.63) is 101 Å². The fourth-order valence-corrected chi connectivity index (χ4v) is 2.31. The van der Waals surface area contributed by atoms with E-state index in [0.717, 1.165) is 17.2 Å². The Balaban J connectivity index is 1.65. The molecule has 4 heteroatoms. The van der Waals surface area contributed by atoms with Crippen LogP contribution in [-0.2, 0) is 18.0 Å². The van der Waals surface area contributed by atoms with Crippen molar-refractivity contribution in [1.82, 2.24) is 0 Å². The van der Waals surface area contributed by atoms with Crippen LogP contribution in [0, 0.1) is 5.82 Å². The van der Waals surface area contributed by atoms with Gasteiger partial charge in [0.15, 0.2) is 0 Å². The molecule has 0 aliphatic carbocycles. The Bertz CT molecular complexity index is 832. The molecule has 25 heavy (non-hydrogen) atoms.